The van der Waals surface area contributed by atoms with Crippen LogP contribution < -0.4 is 16.4 Å². The van der Waals surface area contributed by atoms with Gasteiger partial charge in [0.05, 0.1) is 12.5 Å². The summed E-state index contributed by atoms with van der Waals surface area (Å²) in [4.78, 5) is 46.7. The van der Waals surface area contributed by atoms with Crippen molar-refractivity contribution in [1.29, 1.82) is 0 Å². The van der Waals surface area contributed by atoms with E-state index in [1.54, 1.807) is 44.2 Å². The molecule has 0 spiro atoms. The molecule has 0 saturated heterocycles. The number of nitrogens with two attached hydrogens (primary N) is 1. The van der Waals surface area contributed by atoms with Crippen LogP contribution >= 0.6 is 0 Å². The molecule has 0 unspecified atom stereocenters. The van der Waals surface area contributed by atoms with Crippen molar-refractivity contribution in [3.8, 4) is 0 Å². The summed E-state index contributed by atoms with van der Waals surface area (Å²) >= 11 is 0. The van der Waals surface area contributed by atoms with Gasteiger partial charge in [0.2, 0.25) is 11.8 Å². The maximum Gasteiger partial charge on any atom is 0.326 e. The van der Waals surface area contributed by atoms with E-state index in [-0.39, 0.29) is 12.3 Å². The van der Waals surface area contributed by atoms with Gasteiger partial charge in [0.1, 0.15) is 12.1 Å². The number of carboxylic acids is 2. The number of hydrogen-bond acceptors (Lipinski definition) is 5. The number of carbonyl (C=O) groups is 4. The van der Waals surface area contributed by atoms with Crippen molar-refractivity contribution in [3.05, 3.63) is 35.9 Å². The van der Waals surface area contributed by atoms with E-state index in [1.807, 2.05) is 0 Å². The molecule has 0 aliphatic heterocycles. The van der Waals surface area contributed by atoms with Crippen molar-refractivity contribution in [1.82, 2.24) is 10.6 Å². The largest absolute Gasteiger partial charge is 0.481 e. The minimum atomic E-state index is -1.31. The Bertz CT molecular complexity index is 677. The number of amides is 2. The van der Waals surface area contributed by atoms with Crippen molar-refractivity contribution in [2.24, 2.45) is 11.7 Å². The summed E-state index contributed by atoms with van der Waals surface area (Å²) in [7, 11) is 0. The summed E-state index contributed by atoms with van der Waals surface area (Å²) in [6, 6.07) is 5.27. The fourth-order valence-corrected chi connectivity index (χ4v) is 2.39. The van der Waals surface area contributed by atoms with Crippen LogP contribution in [0.3, 0.4) is 0 Å². The average Bonchev–Trinajstić information content (AvgIpc) is 2.58. The Morgan fingerprint density at radius 2 is 1.59 bits per heavy atom. The molecule has 0 saturated carbocycles. The molecule has 0 radical (unpaired) electrons. The van der Waals surface area contributed by atoms with Crippen LogP contribution in [-0.4, -0.2) is 52.1 Å². The fraction of sp³-hybridized carbons (Fsp3) is 0.444. The third kappa shape index (κ3) is 7.45. The topological polar surface area (TPSA) is 159 Å². The highest BCUT2D eigenvalue weighted by atomic mass is 16.4. The minimum absolute atomic E-state index is 0.0825. The maximum atomic E-state index is 12.5. The number of nitrogens with one attached hydrogen (secondary N) is 2. The number of hydrogen-bond donors (Lipinski definition) is 5. The van der Waals surface area contributed by atoms with Gasteiger partial charge in [0.25, 0.3) is 0 Å². The first-order valence-corrected chi connectivity index (χ1v) is 8.46. The van der Waals surface area contributed by atoms with Gasteiger partial charge in [-0.05, 0) is 11.5 Å². The van der Waals surface area contributed by atoms with E-state index in [0.717, 1.165) is 5.56 Å². The van der Waals surface area contributed by atoms with Gasteiger partial charge in [-0.1, -0.05) is 44.2 Å². The summed E-state index contributed by atoms with van der Waals surface area (Å²) < 4.78 is 0. The first kappa shape index (κ1) is 22.1. The van der Waals surface area contributed by atoms with E-state index in [4.69, 9.17) is 10.8 Å². The molecule has 0 aliphatic carbocycles. The molecule has 6 N–H and O–H groups in total. The smallest absolute Gasteiger partial charge is 0.326 e. The van der Waals surface area contributed by atoms with E-state index in [2.05, 4.69) is 10.6 Å². The van der Waals surface area contributed by atoms with Crippen molar-refractivity contribution in [2.75, 3.05) is 0 Å². The molecule has 1 aromatic rings. The number of aliphatic carboxylic acids is 2. The second-order valence-corrected chi connectivity index (χ2v) is 6.52. The number of benzene rings is 1. The zero-order valence-electron chi connectivity index (χ0n) is 15.2. The van der Waals surface area contributed by atoms with Gasteiger partial charge in [-0.25, -0.2) is 4.79 Å². The van der Waals surface area contributed by atoms with Gasteiger partial charge in [-0.3, -0.25) is 14.4 Å². The highest BCUT2D eigenvalue weighted by molar-refractivity contribution is 5.93. The minimum Gasteiger partial charge on any atom is -0.481 e. The summed E-state index contributed by atoms with van der Waals surface area (Å²) in [5.74, 6) is -4.27. The Kier molecular flexibility index (Phi) is 8.40. The lowest BCUT2D eigenvalue weighted by atomic mass is 10.0. The lowest BCUT2D eigenvalue weighted by Crippen LogP contribution is -2.56. The lowest BCUT2D eigenvalue weighted by Gasteiger charge is -2.25. The Morgan fingerprint density at radius 3 is 2.07 bits per heavy atom. The van der Waals surface area contributed by atoms with Crippen LogP contribution in [0.4, 0.5) is 0 Å². The molecule has 0 heterocycles. The van der Waals surface area contributed by atoms with E-state index in [9.17, 15) is 24.3 Å². The van der Waals surface area contributed by atoms with Crippen molar-refractivity contribution < 1.29 is 29.4 Å². The lowest BCUT2D eigenvalue weighted by molar-refractivity contribution is -0.143. The molecule has 9 nitrogen and oxygen atoms in total. The molecule has 2 amide bonds. The van der Waals surface area contributed by atoms with Crippen molar-refractivity contribution in [3.63, 3.8) is 0 Å². The molecule has 0 aromatic heterocycles. The Balaban J connectivity index is 2.81. The Labute approximate surface area is 156 Å². The molecule has 0 aliphatic rings. The highest BCUT2D eigenvalue weighted by Gasteiger charge is 2.30. The third-order valence-electron chi connectivity index (χ3n) is 3.88. The van der Waals surface area contributed by atoms with Gasteiger partial charge in [0, 0.05) is 6.42 Å². The maximum absolute atomic E-state index is 12.5. The summed E-state index contributed by atoms with van der Waals surface area (Å²) in [5.41, 5.74) is 6.23. The Morgan fingerprint density at radius 1 is 1.00 bits per heavy atom. The fourth-order valence-electron chi connectivity index (χ4n) is 2.39. The standard InChI is InChI=1S/C18H25N3O6/c1-10(2)15(21-16(24)12(19)9-14(22)23)17(25)20-13(18(26)27)8-11-6-4-3-5-7-11/h3-7,10,12-13,15H,8-9,19H2,1-2H3,(H,20,25)(H,21,24)(H,22,23)(H,26,27)/t12-,13-,15-/m0/s1. The zero-order chi connectivity index (χ0) is 20.6. The van der Waals surface area contributed by atoms with Crippen LogP contribution in [0, 0.1) is 5.92 Å². The monoisotopic (exact) mass is 379 g/mol. The molecule has 3 atom stereocenters. The summed E-state index contributed by atoms with van der Waals surface area (Å²) in [5, 5.41) is 22.9. The van der Waals surface area contributed by atoms with Gasteiger partial charge >= 0.3 is 11.9 Å². The molecular formula is C18H25N3O6. The van der Waals surface area contributed by atoms with Crippen LogP contribution in [0.15, 0.2) is 30.3 Å². The first-order chi connectivity index (χ1) is 12.6. The number of carboxylic acid groups (broad SMARTS) is 2. The summed E-state index contributed by atoms with van der Waals surface area (Å²) in [6.07, 6.45) is -0.497. The highest BCUT2D eigenvalue weighted by Crippen LogP contribution is 2.07. The second-order valence-electron chi connectivity index (χ2n) is 6.52. The van der Waals surface area contributed by atoms with Crippen molar-refractivity contribution >= 4 is 23.8 Å². The third-order valence-corrected chi connectivity index (χ3v) is 3.88. The SMILES string of the molecule is CC(C)[C@H](NC(=O)[C@@H](N)CC(=O)O)C(=O)N[C@@H](Cc1ccccc1)C(=O)O. The van der Waals surface area contributed by atoms with Crippen LogP contribution in [0.1, 0.15) is 25.8 Å². The quantitative estimate of drug-likeness (QED) is 0.374. The normalized spacial score (nSPS) is 14.1. The molecule has 148 valence electrons. The molecule has 9 heteroatoms. The van der Waals surface area contributed by atoms with Crippen LogP contribution in [-0.2, 0) is 25.6 Å². The Hall–Kier alpha value is -2.94. The van der Waals surface area contributed by atoms with Gasteiger partial charge in [-0.15, -0.1) is 0 Å². The predicted molar refractivity (Wildman–Crippen MR) is 96.7 cm³/mol. The van der Waals surface area contributed by atoms with E-state index in [0.29, 0.717) is 0 Å². The van der Waals surface area contributed by atoms with Crippen LogP contribution in [0.5, 0.6) is 0 Å². The molecule has 0 fully saturated rings. The molecule has 27 heavy (non-hydrogen) atoms. The van der Waals surface area contributed by atoms with Crippen molar-refractivity contribution in [2.45, 2.75) is 44.8 Å². The summed E-state index contributed by atoms with van der Waals surface area (Å²) in [6.45, 7) is 3.33. The molecular weight excluding hydrogens is 354 g/mol. The van der Waals surface area contributed by atoms with Gasteiger partial charge in [-0.2, -0.15) is 0 Å². The zero-order valence-corrected chi connectivity index (χ0v) is 15.2. The second kappa shape index (κ2) is 10.3. The van der Waals surface area contributed by atoms with Gasteiger partial charge < -0.3 is 26.6 Å². The van der Waals surface area contributed by atoms with Crippen LogP contribution in [0.2, 0.25) is 0 Å². The van der Waals surface area contributed by atoms with E-state index >= 15 is 0 Å². The van der Waals surface area contributed by atoms with Crippen LogP contribution in [0.25, 0.3) is 0 Å². The van der Waals surface area contributed by atoms with E-state index < -0.39 is 48.3 Å². The first-order valence-electron chi connectivity index (χ1n) is 8.46. The molecule has 1 rings (SSSR count). The average molecular weight is 379 g/mol. The molecule has 0 bridgehead atoms. The van der Waals surface area contributed by atoms with Gasteiger partial charge in [0.15, 0.2) is 0 Å². The number of carbonyl (C=O) groups excluding carboxylic acids is 2. The number of rotatable bonds is 10. The predicted octanol–water partition coefficient (Wildman–Crippen LogP) is -0.259. The van der Waals surface area contributed by atoms with E-state index in [1.165, 1.54) is 0 Å². The molecule has 1 aromatic carbocycles.